The molecule has 1 aromatic heterocycles. The average Bonchev–Trinajstić information content (AvgIpc) is 2.34. The Labute approximate surface area is 139 Å². The molecule has 23 heavy (non-hydrogen) atoms. The molecule has 1 atom stereocenters. The summed E-state index contributed by atoms with van der Waals surface area (Å²) < 4.78 is 25.0. The third-order valence-electron chi connectivity index (χ3n) is 3.22. The highest BCUT2D eigenvalue weighted by molar-refractivity contribution is 7.90. The quantitative estimate of drug-likeness (QED) is 0.860. The Morgan fingerprint density at radius 3 is 2.09 bits per heavy atom. The number of pyridine rings is 1. The number of sulfone groups is 1. The van der Waals surface area contributed by atoms with Gasteiger partial charge in [-0.1, -0.05) is 20.8 Å². The van der Waals surface area contributed by atoms with E-state index in [0.717, 1.165) is 0 Å². The highest BCUT2D eigenvalue weighted by Crippen LogP contribution is 2.20. The lowest BCUT2D eigenvalue weighted by molar-refractivity contribution is -0.128. The number of rotatable bonds is 6. The minimum atomic E-state index is -3.42. The van der Waals surface area contributed by atoms with Crippen molar-refractivity contribution >= 4 is 15.6 Å². The molecule has 0 bridgehead atoms. The lowest BCUT2D eigenvalue weighted by Gasteiger charge is -2.31. The van der Waals surface area contributed by atoms with E-state index in [9.17, 15) is 13.2 Å². The van der Waals surface area contributed by atoms with Crippen LogP contribution < -0.4 is 5.32 Å². The molecule has 0 aliphatic heterocycles. The van der Waals surface area contributed by atoms with Crippen LogP contribution in [0.5, 0.6) is 0 Å². The fourth-order valence-electron chi connectivity index (χ4n) is 2.27. The van der Waals surface area contributed by atoms with Crippen molar-refractivity contribution in [1.82, 2.24) is 10.3 Å². The molecule has 0 radical (unpaired) electrons. The minimum Gasteiger partial charge on any atom is -0.302 e. The largest absolute Gasteiger partial charge is 0.302 e. The van der Waals surface area contributed by atoms with E-state index in [-0.39, 0.29) is 22.8 Å². The number of carbonyl (C=O) groups is 1. The van der Waals surface area contributed by atoms with E-state index in [2.05, 4.69) is 10.3 Å². The van der Waals surface area contributed by atoms with Crippen LogP contribution in [0, 0.1) is 5.41 Å². The summed E-state index contributed by atoms with van der Waals surface area (Å²) >= 11 is 0. The molecule has 0 saturated heterocycles. The molecule has 0 amide bonds. The number of hydrogen-bond donors (Lipinski definition) is 1. The fraction of sp³-hybridized carbons (Fsp3) is 0.647. The van der Waals surface area contributed by atoms with Crippen molar-refractivity contribution < 1.29 is 13.2 Å². The first-order chi connectivity index (χ1) is 10.3. The number of ketones is 1. The van der Waals surface area contributed by atoms with E-state index in [1.807, 2.05) is 41.5 Å². The van der Waals surface area contributed by atoms with Crippen LogP contribution in [0.4, 0.5) is 0 Å². The third kappa shape index (κ3) is 7.22. The summed E-state index contributed by atoms with van der Waals surface area (Å²) in [6.45, 7) is 11.2. The van der Waals surface area contributed by atoms with Crippen LogP contribution in [0.3, 0.4) is 0 Å². The lowest BCUT2D eigenvalue weighted by atomic mass is 9.86. The third-order valence-corrected chi connectivity index (χ3v) is 4.83. The van der Waals surface area contributed by atoms with Crippen molar-refractivity contribution in [3.8, 4) is 0 Å². The second-order valence-electron chi connectivity index (χ2n) is 7.97. The van der Waals surface area contributed by atoms with Crippen LogP contribution in [0.2, 0.25) is 0 Å². The monoisotopic (exact) mass is 340 g/mol. The van der Waals surface area contributed by atoms with Gasteiger partial charge < -0.3 is 5.32 Å². The predicted molar refractivity (Wildman–Crippen MR) is 92.9 cm³/mol. The smallest absolute Gasteiger partial charge is 0.156 e. The number of nitrogens with one attached hydrogen (secondary N) is 1. The first-order valence-electron chi connectivity index (χ1n) is 7.71. The van der Waals surface area contributed by atoms with Crippen molar-refractivity contribution in [1.29, 1.82) is 0 Å². The Kier molecular flexibility index (Phi) is 6.10. The maximum atomic E-state index is 12.6. The summed E-state index contributed by atoms with van der Waals surface area (Å²) in [7, 11) is -3.42. The number of aromatic nitrogens is 1. The molecule has 5 nitrogen and oxygen atoms in total. The Hall–Kier alpha value is -1.27. The second-order valence-corrected chi connectivity index (χ2v) is 10.1. The SMILES string of the molecule is CC(C)(C)NC(CS(=O)(=O)Cc1ccncc1)C(=O)C(C)(C)C. The van der Waals surface area contributed by atoms with Gasteiger partial charge in [0.1, 0.15) is 0 Å². The van der Waals surface area contributed by atoms with Gasteiger partial charge in [-0.3, -0.25) is 9.78 Å². The van der Waals surface area contributed by atoms with E-state index in [0.29, 0.717) is 5.56 Å². The van der Waals surface area contributed by atoms with Gasteiger partial charge in [-0.05, 0) is 38.5 Å². The van der Waals surface area contributed by atoms with Crippen LogP contribution in [0.25, 0.3) is 0 Å². The van der Waals surface area contributed by atoms with Crippen LogP contribution in [0.15, 0.2) is 24.5 Å². The molecular weight excluding hydrogens is 312 g/mol. The number of carbonyl (C=O) groups excluding carboxylic acids is 1. The van der Waals surface area contributed by atoms with Gasteiger partial charge in [0.25, 0.3) is 0 Å². The zero-order chi connectivity index (χ0) is 17.9. The second kappa shape index (κ2) is 7.09. The maximum absolute atomic E-state index is 12.6. The molecule has 0 aromatic carbocycles. The van der Waals surface area contributed by atoms with Gasteiger partial charge in [0.05, 0.1) is 17.5 Å². The molecular formula is C17H28N2O3S. The topological polar surface area (TPSA) is 76.1 Å². The fourth-order valence-corrected chi connectivity index (χ4v) is 3.83. The molecule has 0 aliphatic carbocycles. The van der Waals surface area contributed by atoms with E-state index in [1.165, 1.54) is 0 Å². The molecule has 1 rings (SSSR count). The van der Waals surface area contributed by atoms with Gasteiger partial charge >= 0.3 is 0 Å². The van der Waals surface area contributed by atoms with E-state index < -0.39 is 21.3 Å². The van der Waals surface area contributed by atoms with Crippen molar-refractivity contribution in [3.05, 3.63) is 30.1 Å². The van der Waals surface area contributed by atoms with Crippen molar-refractivity contribution in [2.75, 3.05) is 5.75 Å². The minimum absolute atomic E-state index is 0.0880. The van der Waals surface area contributed by atoms with Crippen molar-refractivity contribution in [2.45, 2.75) is 58.9 Å². The number of Topliss-reactive ketones (excluding diaryl/α,β-unsaturated/α-hetero) is 1. The molecule has 0 spiro atoms. The van der Waals surface area contributed by atoms with Crippen LogP contribution in [-0.2, 0) is 20.4 Å². The zero-order valence-electron chi connectivity index (χ0n) is 14.9. The van der Waals surface area contributed by atoms with E-state index in [1.54, 1.807) is 24.5 Å². The van der Waals surface area contributed by atoms with Crippen LogP contribution >= 0.6 is 0 Å². The molecule has 0 aliphatic rings. The molecule has 130 valence electrons. The maximum Gasteiger partial charge on any atom is 0.156 e. The Balaban J connectivity index is 2.97. The summed E-state index contributed by atoms with van der Waals surface area (Å²) in [4.78, 5) is 16.5. The summed E-state index contributed by atoms with van der Waals surface area (Å²) in [5.74, 6) is -0.386. The summed E-state index contributed by atoms with van der Waals surface area (Å²) in [6.07, 6.45) is 3.13. The predicted octanol–water partition coefficient (Wildman–Crippen LogP) is 2.37. The Morgan fingerprint density at radius 1 is 1.13 bits per heavy atom. The zero-order valence-corrected chi connectivity index (χ0v) is 15.7. The summed E-state index contributed by atoms with van der Waals surface area (Å²) in [6, 6.07) is 2.63. The first-order valence-corrected chi connectivity index (χ1v) is 9.54. The van der Waals surface area contributed by atoms with Crippen molar-refractivity contribution in [2.24, 2.45) is 5.41 Å². The van der Waals surface area contributed by atoms with Gasteiger partial charge in [-0.25, -0.2) is 8.42 Å². The van der Waals surface area contributed by atoms with Gasteiger partial charge in [0.15, 0.2) is 15.6 Å². The van der Waals surface area contributed by atoms with Gasteiger partial charge in [0, 0.05) is 23.3 Å². The first kappa shape index (κ1) is 19.8. The number of hydrogen-bond acceptors (Lipinski definition) is 5. The molecule has 0 saturated carbocycles. The molecule has 6 heteroatoms. The normalized spacial score (nSPS) is 14.5. The summed E-state index contributed by atoms with van der Waals surface area (Å²) in [5, 5.41) is 3.16. The highest BCUT2D eigenvalue weighted by Gasteiger charge is 2.35. The standard InChI is InChI=1S/C17H28N2O3S/c1-16(2,3)15(20)14(19-17(4,5)6)12-23(21,22)11-13-7-9-18-10-8-13/h7-10,14,19H,11-12H2,1-6H3. The van der Waals surface area contributed by atoms with Crippen LogP contribution in [-0.4, -0.2) is 36.5 Å². The van der Waals surface area contributed by atoms with Gasteiger partial charge in [0.2, 0.25) is 0 Å². The van der Waals surface area contributed by atoms with E-state index >= 15 is 0 Å². The van der Waals surface area contributed by atoms with Gasteiger partial charge in [-0.2, -0.15) is 0 Å². The number of nitrogens with zero attached hydrogens (tertiary/aromatic N) is 1. The Morgan fingerprint density at radius 2 is 1.65 bits per heavy atom. The molecule has 1 N–H and O–H groups in total. The Bertz CT molecular complexity index is 626. The molecule has 0 fully saturated rings. The molecule has 1 aromatic rings. The van der Waals surface area contributed by atoms with Gasteiger partial charge in [-0.15, -0.1) is 0 Å². The van der Waals surface area contributed by atoms with E-state index in [4.69, 9.17) is 0 Å². The lowest BCUT2D eigenvalue weighted by Crippen LogP contribution is -2.53. The average molecular weight is 340 g/mol. The molecule has 1 unspecified atom stereocenters. The van der Waals surface area contributed by atoms with Crippen molar-refractivity contribution in [3.63, 3.8) is 0 Å². The molecule has 1 heterocycles. The highest BCUT2D eigenvalue weighted by atomic mass is 32.2. The summed E-state index contributed by atoms with van der Waals surface area (Å²) in [5.41, 5.74) is -0.273. The van der Waals surface area contributed by atoms with Crippen LogP contribution in [0.1, 0.15) is 47.1 Å².